The lowest BCUT2D eigenvalue weighted by atomic mass is 10.1. The predicted molar refractivity (Wildman–Crippen MR) is 121 cm³/mol. The molecule has 0 heterocycles. The highest BCUT2D eigenvalue weighted by molar-refractivity contribution is 6.04. The third-order valence-electron chi connectivity index (χ3n) is 5.10. The minimum atomic E-state index is -0.312. The molecule has 31 heavy (non-hydrogen) atoms. The Hall–Kier alpha value is -3.55. The van der Waals surface area contributed by atoms with Crippen molar-refractivity contribution in [2.24, 2.45) is 0 Å². The van der Waals surface area contributed by atoms with E-state index in [0.717, 1.165) is 25.7 Å². The van der Waals surface area contributed by atoms with Crippen molar-refractivity contribution in [2.75, 3.05) is 29.6 Å². The van der Waals surface area contributed by atoms with Gasteiger partial charge in [0.1, 0.15) is 5.75 Å². The standard InChI is InChI=1S/C23H28N4O4/c1-15(28)25-17-11-12-21(31-2)20(13-17)24-14-22(29)27-19-10-6-5-9-18(19)23(30)26-16-7-3-4-8-16/h5-6,9-13,16,24H,3-4,7-8,14H2,1-2H3,(H,25,28)(H,26,30)(H,27,29). The minimum Gasteiger partial charge on any atom is -0.495 e. The molecule has 4 N–H and O–H groups in total. The summed E-state index contributed by atoms with van der Waals surface area (Å²) in [7, 11) is 1.53. The summed E-state index contributed by atoms with van der Waals surface area (Å²) >= 11 is 0. The van der Waals surface area contributed by atoms with Crippen molar-refractivity contribution >= 4 is 34.8 Å². The molecule has 8 heteroatoms. The molecular formula is C23H28N4O4. The van der Waals surface area contributed by atoms with Crippen LogP contribution in [0.1, 0.15) is 43.0 Å². The molecule has 8 nitrogen and oxygen atoms in total. The molecule has 0 spiro atoms. The van der Waals surface area contributed by atoms with Gasteiger partial charge in [-0.1, -0.05) is 25.0 Å². The van der Waals surface area contributed by atoms with E-state index in [9.17, 15) is 14.4 Å². The summed E-state index contributed by atoms with van der Waals surface area (Å²) in [6.45, 7) is 1.38. The highest BCUT2D eigenvalue weighted by Crippen LogP contribution is 2.28. The molecule has 0 bridgehead atoms. The van der Waals surface area contributed by atoms with Crippen LogP contribution in [0.3, 0.4) is 0 Å². The van der Waals surface area contributed by atoms with Gasteiger partial charge in [-0.15, -0.1) is 0 Å². The Morgan fingerprint density at radius 2 is 1.74 bits per heavy atom. The number of nitrogens with one attached hydrogen (secondary N) is 4. The van der Waals surface area contributed by atoms with E-state index in [-0.39, 0.29) is 30.3 Å². The maximum atomic E-state index is 12.7. The molecule has 0 radical (unpaired) electrons. The van der Waals surface area contributed by atoms with Crippen LogP contribution >= 0.6 is 0 Å². The zero-order chi connectivity index (χ0) is 22.2. The number of hydrogen-bond donors (Lipinski definition) is 4. The smallest absolute Gasteiger partial charge is 0.253 e. The molecule has 1 fully saturated rings. The third-order valence-corrected chi connectivity index (χ3v) is 5.10. The second-order valence-corrected chi connectivity index (χ2v) is 7.50. The summed E-state index contributed by atoms with van der Waals surface area (Å²) in [6.07, 6.45) is 4.23. The predicted octanol–water partition coefficient (Wildman–Crippen LogP) is 3.38. The number of methoxy groups -OCH3 is 1. The van der Waals surface area contributed by atoms with Crippen LogP contribution in [0.4, 0.5) is 17.1 Å². The number of carbonyl (C=O) groups excluding carboxylic acids is 3. The van der Waals surface area contributed by atoms with Gasteiger partial charge in [-0.25, -0.2) is 0 Å². The molecule has 0 unspecified atom stereocenters. The molecule has 3 amide bonds. The Morgan fingerprint density at radius 1 is 1.00 bits per heavy atom. The second-order valence-electron chi connectivity index (χ2n) is 7.50. The minimum absolute atomic E-state index is 0.0432. The van der Waals surface area contributed by atoms with Crippen LogP contribution < -0.4 is 26.0 Å². The van der Waals surface area contributed by atoms with Crippen molar-refractivity contribution < 1.29 is 19.1 Å². The fourth-order valence-electron chi connectivity index (χ4n) is 3.62. The quantitative estimate of drug-likeness (QED) is 0.520. The molecule has 0 aromatic heterocycles. The fraction of sp³-hybridized carbons (Fsp3) is 0.348. The van der Waals surface area contributed by atoms with E-state index >= 15 is 0 Å². The van der Waals surface area contributed by atoms with E-state index in [1.165, 1.54) is 14.0 Å². The van der Waals surface area contributed by atoms with E-state index in [1.54, 1.807) is 42.5 Å². The Kier molecular flexibility index (Phi) is 7.48. The molecule has 1 saturated carbocycles. The molecule has 0 atom stereocenters. The van der Waals surface area contributed by atoms with E-state index in [4.69, 9.17) is 4.74 Å². The second kappa shape index (κ2) is 10.5. The van der Waals surface area contributed by atoms with Gasteiger partial charge in [-0.3, -0.25) is 14.4 Å². The molecule has 1 aliphatic rings. The number of hydrogen-bond acceptors (Lipinski definition) is 5. The van der Waals surface area contributed by atoms with Crippen LogP contribution in [0.5, 0.6) is 5.75 Å². The van der Waals surface area contributed by atoms with Crippen LogP contribution in [0.2, 0.25) is 0 Å². The van der Waals surface area contributed by atoms with Crippen molar-refractivity contribution in [3.63, 3.8) is 0 Å². The maximum Gasteiger partial charge on any atom is 0.253 e. The van der Waals surface area contributed by atoms with Gasteiger partial charge < -0.3 is 26.0 Å². The van der Waals surface area contributed by atoms with Gasteiger partial charge in [0.15, 0.2) is 0 Å². The summed E-state index contributed by atoms with van der Waals surface area (Å²) in [6, 6.07) is 12.3. The van der Waals surface area contributed by atoms with Gasteiger partial charge in [0, 0.05) is 18.7 Å². The summed E-state index contributed by atoms with van der Waals surface area (Å²) in [5, 5.41) is 11.6. The maximum absolute atomic E-state index is 12.7. The van der Waals surface area contributed by atoms with Gasteiger partial charge in [-0.05, 0) is 43.2 Å². The number of anilines is 3. The van der Waals surface area contributed by atoms with E-state index in [1.807, 2.05) is 0 Å². The summed E-state index contributed by atoms with van der Waals surface area (Å²) in [4.78, 5) is 36.5. The highest BCUT2D eigenvalue weighted by atomic mass is 16.5. The zero-order valence-electron chi connectivity index (χ0n) is 17.8. The third kappa shape index (κ3) is 6.21. The van der Waals surface area contributed by atoms with Crippen molar-refractivity contribution in [3.05, 3.63) is 48.0 Å². The van der Waals surface area contributed by atoms with Gasteiger partial charge in [-0.2, -0.15) is 0 Å². The lowest BCUT2D eigenvalue weighted by molar-refractivity contribution is -0.115. The number of benzene rings is 2. The Bertz CT molecular complexity index is 954. The summed E-state index contributed by atoms with van der Waals surface area (Å²) in [5.74, 6) is -0.145. The molecule has 164 valence electrons. The van der Waals surface area contributed by atoms with Crippen LogP contribution in [-0.2, 0) is 9.59 Å². The topological polar surface area (TPSA) is 109 Å². The number of rotatable bonds is 8. The first-order chi connectivity index (χ1) is 15.0. The molecule has 2 aromatic rings. The number of amides is 3. The Balaban J connectivity index is 1.64. The van der Waals surface area contributed by atoms with Gasteiger partial charge in [0.05, 0.1) is 30.6 Å². The van der Waals surface area contributed by atoms with Gasteiger partial charge in [0.2, 0.25) is 11.8 Å². The highest BCUT2D eigenvalue weighted by Gasteiger charge is 2.20. The first kappa shape index (κ1) is 22.1. The van der Waals surface area contributed by atoms with Crippen LogP contribution in [-0.4, -0.2) is 37.4 Å². The summed E-state index contributed by atoms with van der Waals surface area (Å²) in [5.41, 5.74) is 2.05. The van der Waals surface area contributed by atoms with E-state index < -0.39 is 0 Å². The Morgan fingerprint density at radius 3 is 2.45 bits per heavy atom. The largest absolute Gasteiger partial charge is 0.495 e. The lowest BCUT2D eigenvalue weighted by Gasteiger charge is -2.16. The fourth-order valence-corrected chi connectivity index (χ4v) is 3.62. The van der Waals surface area contributed by atoms with Crippen molar-refractivity contribution in [1.82, 2.24) is 5.32 Å². The van der Waals surface area contributed by atoms with Crippen molar-refractivity contribution in [2.45, 2.75) is 38.6 Å². The van der Waals surface area contributed by atoms with Crippen molar-refractivity contribution in [3.8, 4) is 5.75 Å². The zero-order valence-corrected chi connectivity index (χ0v) is 17.8. The number of para-hydroxylation sites is 1. The molecule has 1 aliphatic carbocycles. The monoisotopic (exact) mass is 424 g/mol. The normalized spacial score (nSPS) is 13.4. The summed E-state index contributed by atoms with van der Waals surface area (Å²) < 4.78 is 5.31. The van der Waals surface area contributed by atoms with Crippen molar-refractivity contribution in [1.29, 1.82) is 0 Å². The SMILES string of the molecule is COc1ccc(NC(C)=O)cc1NCC(=O)Nc1ccccc1C(=O)NC1CCCC1. The molecule has 2 aromatic carbocycles. The first-order valence-corrected chi connectivity index (χ1v) is 10.4. The average Bonchev–Trinajstić information content (AvgIpc) is 3.25. The Labute approximate surface area is 181 Å². The van der Waals surface area contributed by atoms with E-state index in [0.29, 0.717) is 28.4 Å². The molecular weight excluding hydrogens is 396 g/mol. The first-order valence-electron chi connectivity index (χ1n) is 10.4. The average molecular weight is 425 g/mol. The molecule has 3 rings (SSSR count). The lowest BCUT2D eigenvalue weighted by Crippen LogP contribution is -2.33. The number of ether oxygens (including phenoxy) is 1. The van der Waals surface area contributed by atoms with Crippen LogP contribution in [0.25, 0.3) is 0 Å². The van der Waals surface area contributed by atoms with Gasteiger partial charge >= 0.3 is 0 Å². The van der Waals surface area contributed by atoms with E-state index in [2.05, 4.69) is 21.3 Å². The molecule has 0 aliphatic heterocycles. The molecule has 0 saturated heterocycles. The number of carbonyl (C=O) groups is 3. The van der Waals surface area contributed by atoms with Crippen LogP contribution in [0.15, 0.2) is 42.5 Å². The van der Waals surface area contributed by atoms with Gasteiger partial charge in [0.25, 0.3) is 5.91 Å². The van der Waals surface area contributed by atoms with Crippen LogP contribution in [0, 0.1) is 0 Å².